The van der Waals surface area contributed by atoms with Gasteiger partial charge in [0, 0.05) is 30.7 Å². The largest absolute Gasteiger partial charge is 0.486 e. The smallest absolute Gasteiger partial charge is 0.222 e. The third-order valence-electron chi connectivity index (χ3n) is 3.76. The fourth-order valence-electron chi connectivity index (χ4n) is 2.39. The molecule has 3 aromatic rings. The van der Waals surface area contributed by atoms with Crippen LogP contribution in [-0.2, 0) is 0 Å². The molecule has 1 aromatic heterocycles. The standard InChI is InChI=1S/C19H20N4O/c1-13(14-6-8-17(20)9-7-14)24-18-5-3-4-15(10-18)16-11-22-19(21-2)23-12-16/h3-13H,20H2,1-2H3,(H,21,22,23)/t13-/m0/s1. The van der Waals surface area contributed by atoms with Crippen LogP contribution >= 0.6 is 0 Å². The molecule has 0 fully saturated rings. The van der Waals surface area contributed by atoms with Gasteiger partial charge in [-0.2, -0.15) is 0 Å². The number of rotatable bonds is 5. The van der Waals surface area contributed by atoms with Crippen molar-refractivity contribution in [3.05, 3.63) is 66.5 Å². The molecule has 0 spiro atoms. The number of hydrogen-bond donors (Lipinski definition) is 2. The minimum Gasteiger partial charge on any atom is -0.486 e. The van der Waals surface area contributed by atoms with E-state index in [0.29, 0.717) is 5.95 Å². The van der Waals surface area contributed by atoms with Gasteiger partial charge in [-0.15, -0.1) is 0 Å². The van der Waals surface area contributed by atoms with Crippen LogP contribution in [0.25, 0.3) is 11.1 Å². The van der Waals surface area contributed by atoms with Gasteiger partial charge in [-0.05, 0) is 42.3 Å². The van der Waals surface area contributed by atoms with Crippen LogP contribution < -0.4 is 15.8 Å². The molecule has 2 aromatic carbocycles. The summed E-state index contributed by atoms with van der Waals surface area (Å²) in [6.07, 6.45) is 3.52. The number of hydrogen-bond acceptors (Lipinski definition) is 5. The van der Waals surface area contributed by atoms with Gasteiger partial charge in [0.15, 0.2) is 0 Å². The zero-order valence-electron chi connectivity index (χ0n) is 13.7. The van der Waals surface area contributed by atoms with Crippen LogP contribution in [0.2, 0.25) is 0 Å². The summed E-state index contributed by atoms with van der Waals surface area (Å²) in [7, 11) is 1.79. The highest BCUT2D eigenvalue weighted by Gasteiger charge is 2.08. The zero-order chi connectivity index (χ0) is 16.9. The molecule has 122 valence electrons. The van der Waals surface area contributed by atoms with E-state index in [2.05, 4.69) is 15.3 Å². The zero-order valence-corrected chi connectivity index (χ0v) is 13.7. The van der Waals surface area contributed by atoms with Gasteiger partial charge in [-0.25, -0.2) is 9.97 Å². The van der Waals surface area contributed by atoms with Gasteiger partial charge in [0.2, 0.25) is 5.95 Å². The monoisotopic (exact) mass is 320 g/mol. The number of nitrogens with two attached hydrogens (primary N) is 1. The molecule has 3 N–H and O–H groups in total. The lowest BCUT2D eigenvalue weighted by molar-refractivity contribution is 0.227. The summed E-state index contributed by atoms with van der Waals surface area (Å²) in [6, 6.07) is 15.6. The molecule has 3 rings (SSSR count). The Kier molecular flexibility index (Phi) is 4.61. The first-order chi connectivity index (χ1) is 11.7. The molecule has 1 heterocycles. The first-order valence-electron chi connectivity index (χ1n) is 7.78. The molecule has 0 bridgehead atoms. The summed E-state index contributed by atoms with van der Waals surface area (Å²) in [5.74, 6) is 1.40. The van der Waals surface area contributed by atoms with Gasteiger partial charge >= 0.3 is 0 Å². The Hall–Kier alpha value is -3.08. The van der Waals surface area contributed by atoms with E-state index in [1.54, 1.807) is 19.4 Å². The lowest BCUT2D eigenvalue weighted by Gasteiger charge is -2.16. The van der Waals surface area contributed by atoms with Crippen LogP contribution in [0.4, 0.5) is 11.6 Å². The third kappa shape index (κ3) is 3.63. The summed E-state index contributed by atoms with van der Waals surface area (Å²) >= 11 is 0. The molecule has 24 heavy (non-hydrogen) atoms. The predicted molar refractivity (Wildman–Crippen MR) is 96.9 cm³/mol. The summed E-state index contributed by atoms with van der Waals surface area (Å²) < 4.78 is 6.05. The Morgan fingerprint density at radius 3 is 2.38 bits per heavy atom. The van der Waals surface area contributed by atoms with Gasteiger partial charge in [0.1, 0.15) is 11.9 Å². The molecule has 0 saturated heterocycles. The maximum Gasteiger partial charge on any atom is 0.222 e. The molecule has 0 saturated carbocycles. The summed E-state index contributed by atoms with van der Waals surface area (Å²) in [6.45, 7) is 2.02. The lowest BCUT2D eigenvalue weighted by atomic mass is 10.1. The van der Waals surface area contributed by atoms with Crippen LogP contribution in [0.5, 0.6) is 5.75 Å². The Bertz CT molecular complexity index is 800. The molecule has 0 amide bonds. The van der Waals surface area contributed by atoms with Crippen molar-refractivity contribution in [2.45, 2.75) is 13.0 Å². The van der Waals surface area contributed by atoms with Crippen LogP contribution in [0.1, 0.15) is 18.6 Å². The molecule has 0 aliphatic rings. The summed E-state index contributed by atoms with van der Waals surface area (Å²) in [4.78, 5) is 8.49. The van der Waals surface area contributed by atoms with Crippen molar-refractivity contribution in [2.24, 2.45) is 0 Å². The molecule has 0 aliphatic carbocycles. The van der Waals surface area contributed by atoms with Gasteiger partial charge in [0.25, 0.3) is 0 Å². The number of nitrogens with one attached hydrogen (secondary N) is 1. The maximum atomic E-state index is 6.05. The minimum atomic E-state index is -0.0660. The van der Waals surface area contributed by atoms with E-state index in [-0.39, 0.29) is 6.10 Å². The average Bonchev–Trinajstić information content (AvgIpc) is 2.62. The molecule has 0 radical (unpaired) electrons. The average molecular weight is 320 g/mol. The highest BCUT2D eigenvalue weighted by atomic mass is 16.5. The second kappa shape index (κ2) is 7.00. The van der Waals surface area contributed by atoms with Crippen LogP contribution in [-0.4, -0.2) is 17.0 Å². The number of anilines is 2. The molecular formula is C19H20N4O. The fourth-order valence-corrected chi connectivity index (χ4v) is 2.39. The Balaban J connectivity index is 1.78. The molecule has 0 unspecified atom stereocenters. The van der Waals surface area contributed by atoms with Crippen molar-refractivity contribution in [2.75, 3.05) is 18.1 Å². The SMILES string of the molecule is CNc1ncc(-c2cccc(O[C@@H](C)c3ccc(N)cc3)c2)cn1. The third-order valence-corrected chi connectivity index (χ3v) is 3.76. The molecule has 5 heteroatoms. The highest BCUT2D eigenvalue weighted by Crippen LogP contribution is 2.27. The molecule has 1 atom stereocenters. The number of nitrogen functional groups attached to an aromatic ring is 1. The molecule has 0 aliphatic heterocycles. The normalized spacial score (nSPS) is 11.8. The molecule has 5 nitrogen and oxygen atoms in total. The van der Waals surface area contributed by atoms with E-state index in [4.69, 9.17) is 10.5 Å². The topological polar surface area (TPSA) is 73.1 Å². The number of nitrogens with zero attached hydrogens (tertiary/aromatic N) is 2. The predicted octanol–water partition coefficient (Wildman–Crippen LogP) is 3.91. The van der Waals surface area contributed by atoms with E-state index in [1.165, 1.54) is 0 Å². The van der Waals surface area contributed by atoms with Gasteiger partial charge in [0.05, 0.1) is 0 Å². The first-order valence-corrected chi connectivity index (χ1v) is 7.78. The molecular weight excluding hydrogens is 300 g/mol. The first kappa shape index (κ1) is 15.8. The second-order valence-corrected chi connectivity index (χ2v) is 5.50. The van der Waals surface area contributed by atoms with Gasteiger partial charge < -0.3 is 15.8 Å². The van der Waals surface area contributed by atoms with Crippen LogP contribution in [0, 0.1) is 0 Å². The lowest BCUT2D eigenvalue weighted by Crippen LogP contribution is -2.03. The van der Waals surface area contributed by atoms with E-state index < -0.39 is 0 Å². The number of benzene rings is 2. The van der Waals surface area contributed by atoms with Crippen molar-refractivity contribution in [3.8, 4) is 16.9 Å². The van der Waals surface area contributed by atoms with Gasteiger partial charge in [-0.1, -0.05) is 24.3 Å². The van der Waals surface area contributed by atoms with Gasteiger partial charge in [-0.3, -0.25) is 0 Å². The van der Waals surface area contributed by atoms with Crippen molar-refractivity contribution < 1.29 is 4.74 Å². The Morgan fingerprint density at radius 1 is 1.00 bits per heavy atom. The van der Waals surface area contributed by atoms with Crippen molar-refractivity contribution in [3.63, 3.8) is 0 Å². The van der Waals surface area contributed by atoms with Crippen LogP contribution in [0.3, 0.4) is 0 Å². The maximum absolute atomic E-state index is 6.05. The van der Waals surface area contributed by atoms with E-state index in [1.807, 2.05) is 55.5 Å². The summed E-state index contributed by atoms with van der Waals surface area (Å²) in [5, 5.41) is 2.91. The Labute approximate surface area is 141 Å². The van der Waals surface area contributed by atoms with Crippen molar-refractivity contribution >= 4 is 11.6 Å². The van der Waals surface area contributed by atoms with E-state index in [9.17, 15) is 0 Å². The van der Waals surface area contributed by atoms with Crippen molar-refractivity contribution in [1.82, 2.24) is 9.97 Å². The van der Waals surface area contributed by atoms with Crippen molar-refractivity contribution in [1.29, 1.82) is 0 Å². The fraction of sp³-hybridized carbons (Fsp3) is 0.158. The minimum absolute atomic E-state index is 0.0660. The number of aromatic nitrogens is 2. The van der Waals surface area contributed by atoms with Crippen LogP contribution in [0.15, 0.2) is 60.9 Å². The van der Waals surface area contributed by atoms with E-state index in [0.717, 1.165) is 28.1 Å². The Morgan fingerprint density at radius 2 is 1.71 bits per heavy atom. The highest BCUT2D eigenvalue weighted by molar-refractivity contribution is 5.63. The quantitative estimate of drug-likeness (QED) is 0.697. The second-order valence-electron chi connectivity index (χ2n) is 5.50. The summed E-state index contributed by atoms with van der Waals surface area (Å²) in [5.41, 5.74) is 9.51. The van der Waals surface area contributed by atoms with E-state index >= 15 is 0 Å². The number of ether oxygens (including phenoxy) is 1.